The summed E-state index contributed by atoms with van der Waals surface area (Å²) in [4.78, 5) is 18.3. The van der Waals surface area contributed by atoms with E-state index in [9.17, 15) is 4.79 Å². The number of fused-ring (bicyclic) bond motifs is 1. The van der Waals surface area contributed by atoms with E-state index in [1.807, 2.05) is 30.3 Å². The minimum absolute atomic E-state index is 0.221. The standard InChI is InChI=1S/C12H11N5O2/c18-12-11(14-9-10(15-12)17-19-16-9)13-7-6-8-4-2-1-3-5-8/h1-5H,6-7H2,(H,13,14,16)(H,15,17,18). The molecule has 96 valence electrons. The number of nitrogens with zero attached hydrogens (tertiary/aromatic N) is 3. The van der Waals surface area contributed by atoms with E-state index in [0.717, 1.165) is 6.42 Å². The fraction of sp³-hybridized carbons (Fsp3) is 0.167. The summed E-state index contributed by atoms with van der Waals surface area (Å²) < 4.78 is 4.49. The highest BCUT2D eigenvalue weighted by molar-refractivity contribution is 5.64. The van der Waals surface area contributed by atoms with Gasteiger partial charge in [0.15, 0.2) is 5.82 Å². The van der Waals surface area contributed by atoms with Gasteiger partial charge < -0.3 is 5.32 Å². The van der Waals surface area contributed by atoms with Gasteiger partial charge in [-0.3, -0.25) is 9.78 Å². The first-order valence-electron chi connectivity index (χ1n) is 5.83. The molecule has 0 atom stereocenters. The predicted molar refractivity (Wildman–Crippen MR) is 68.9 cm³/mol. The molecule has 0 aliphatic rings. The van der Waals surface area contributed by atoms with Crippen molar-refractivity contribution in [2.24, 2.45) is 0 Å². The highest BCUT2D eigenvalue weighted by atomic mass is 16.6. The van der Waals surface area contributed by atoms with Crippen molar-refractivity contribution in [2.75, 3.05) is 11.9 Å². The van der Waals surface area contributed by atoms with E-state index in [-0.39, 0.29) is 22.7 Å². The van der Waals surface area contributed by atoms with Gasteiger partial charge in [-0.05, 0) is 22.3 Å². The third-order valence-electron chi connectivity index (χ3n) is 2.68. The number of nitrogens with one attached hydrogen (secondary N) is 2. The Kier molecular flexibility index (Phi) is 2.93. The molecule has 0 saturated heterocycles. The van der Waals surface area contributed by atoms with Gasteiger partial charge in [0.1, 0.15) is 0 Å². The van der Waals surface area contributed by atoms with Crippen LogP contribution in [0.1, 0.15) is 5.56 Å². The van der Waals surface area contributed by atoms with Gasteiger partial charge in [0.25, 0.3) is 5.56 Å². The molecule has 0 radical (unpaired) electrons. The highest BCUT2D eigenvalue weighted by Crippen LogP contribution is 2.04. The molecule has 1 aromatic carbocycles. The maximum Gasteiger partial charge on any atom is 0.292 e. The van der Waals surface area contributed by atoms with Crippen molar-refractivity contribution < 1.29 is 4.63 Å². The maximum atomic E-state index is 11.7. The van der Waals surface area contributed by atoms with E-state index < -0.39 is 0 Å². The van der Waals surface area contributed by atoms with Crippen LogP contribution in [0.3, 0.4) is 0 Å². The number of rotatable bonds is 4. The van der Waals surface area contributed by atoms with Crippen molar-refractivity contribution in [3.63, 3.8) is 0 Å². The Morgan fingerprint density at radius 3 is 2.89 bits per heavy atom. The average molecular weight is 257 g/mol. The van der Waals surface area contributed by atoms with Crippen LogP contribution in [0.25, 0.3) is 11.3 Å². The van der Waals surface area contributed by atoms with Crippen molar-refractivity contribution in [1.82, 2.24) is 20.3 Å². The second kappa shape index (κ2) is 4.89. The fourth-order valence-electron chi connectivity index (χ4n) is 1.75. The number of hydrogen-bond acceptors (Lipinski definition) is 6. The van der Waals surface area contributed by atoms with Crippen molar-refractivity contribution >= 4 is 17.1 Å². The molecular weight excluding hydrogens is 246 g/mol. The summed E-state index contributed by atoms with van der Waals surface area (Å²) in [5.41, 5.74) is 1.38. The number of hydrogen-bond donors (Lipinski definition) is 2. The zero-order chi connectivity index (χ0) is 13.1. The first-order chi connectivity index (χ1) is 9.33. The molecule has 0 bridgehead atoms. The van der Waals surface area contributed by atoms with Crippen LogP contribution in [0.2, 0.25) is 0 Å². The van der Waals surface area contributed by atoms with Gasteiger partial charge in [-0.25, -0.2) is 4.63 Å². The molecule has 0 aliphatic carbocycles. The first-order valence-corrected chi connectivity index (χ1v) is 5.83. The zero-order valence-corrected chi connectivity index (χ0v) is 9.96. The summed E-state index contributed by atoms with van der Waals surface area (Å²) in [7, 11) is 0. The second-order valence-corrected chi connectivity index (χ2v) is 4.01. The Bertz CT molecular complexity index is 734. The van der Waals surface area contributed by atoms with Crippen LogP contribution in [-0.2, 0) is 6.42 Å². The molecule has 0 unspecified atom stereocenters. The Balaban J connectivity index is 1.71. The van der Waals surface area contributed by atoms with Gasteiger partial charge in [0.2, 0.25) is 11.3 Å². The third kappa shape index (κ3) is 2.44. The molecule has 0 aliphatic heterocycles. The van der Waals surface area contributed by atoms with Gasteiger partial charge in [-0.2, -0.15) is 4.98 Å². The molecule has 0 spiro atoms. The van der Waals surface area contributed by atoms with Gasteiger partial charge >= 0.3 is 0 Å². The van der Waals surface area contributed by atoms with E-state index in [0.29, 0.717) is 6.54 Å². The van der Waals surface area contributed by atoms with Crippen molar-refractivity contribution in [3.8, 4) is 0 Å². The smallest absolute Gasteiger partial charge is 0.292 e. The minimum atomic E-state index is -0.337. The van der Waals surface area contributed by atoms with E-state index in [2.05, 4.69) is 30.2 Å². The Morgan fingerprint density at radius 2 is 2.05 bits per heavy atom. The number of benzene rings is 1. The molecule has 0 fully saturated rings. The maximum absolute atomic E-state index is 11.7. The van der Waals surface area contributed by atoms with Crippen LogP contribution in [-0.4, -0.2) is 26.8 Å². The first kappa shape index (κ1) is 11.4. The summed E-state index contributed by atoms with van der Waals surface area (Å²) in [6.07, 6.45) is 0.803. The van der Waals surface area contributed by atoms with Crippen LogP contribution >= 0.6 is 0 Å². The molecule has 3 aromatic rings. The summed E-state index contributed by atoms with van der Waals surface area (Å²) in [5, 5.41) is 10.1. The Labute approximate surface area is 107 Å². The largest absolute Gasteiger partial charge is 0.365 e. The Morgan fingerprint density at radius 1 is 1.21 bits per heavy atom. The van der Waals surface area contributed by atoms with Gasteiger partial charge in [0, 0.05) is 6.54 Å². The Hall–Kier alpha value is -2.70. The minimum Gasteiger partial charge on any atom is -0.365 e. The lowest BCUT2D eigenvalue weighted by molar-refractivity contribution is 0.314. The molecule has 2 N–H and O–H groups in total. The van der Waals surface area contributed by atoms with Gasteiger partial charge in [-0.1, -0.05) is 30.3 Å². The van der Waals surface area contributed by atoms with E-state index in [1.165, 1.54) is 5.56 Å². The average Bonchev–Trinajstić information content (AvgIpc) is 2.87. The third-order valence-corrected chi connectivity index (χ3v) is 2.68. The molecule has 2 heterocycles. The van der Waals surface area contributed by atoms with E-state index >= 15 is 0 Å². The molecule has 2 aromatic heterocycles. The van der Waals surface area contributed by atoms with Crippen molar-refractivity contribution in [1.29, 1.82) is 0 Å². The predicted octanol–water partition coefficient (Wildman–Crippen LogP) is 0.961. The van der Waals surface area contributed by atoms with Gasteiger partial charge in [0.05, 0.1) is 0 Å². The zero-order valence-electron chi connectivity index (χ0n) is 9.96. The molecule has 3 rings (SSSR count). The number of aromatic nitrogens is 4. The summed E-state index contributed by atoms with van der Waals surface area (Å²) in [5.74, 6) is 0.221. The molecule has 7 heteroatoms. The van der Waals surface area contributed by atoms with Crippen LogP contribution in [0, 0.1) is 0 Å². The van der Waals surface area contributed by atoms with Crippen LogP contribution in [0.4, 0.5) is 5.82 Å². The molecule has 0 saturated carbocycles. The van der Waals surface area contributed by atoms with Crippen LogP contribution in [0.15, 0.2) is 39.8 Å². The van der Waals surface area contributed by atoms with Crippen LogP contribution < -0.4 is 10.9 Å². The van der Waals surface area contributed by atoms with Crippen LogP contribution in [0.5, 0.6) is 0 Å². The molecule has 0 amide bonds. The monoisotopic (exact) mass is 257 g/mol. The van der Waals surface area contributed by atoms with Crippen molar-refractivity contribution in [2.45, 2.75) is 6.42 Å². The summed E-state index contributed by atoms with van der Waals surface area (Å²) in [6.45, 7) is 0.608. The summed E-state index contributed by atoms with van der Waals surface area (Å²) in [6, 6.07) is 9.99. The fourth-order valence-corrected chi connectivity index (χ4v) is 1.75. The topological polar surface area (TPSA) is 96.7 Å². The van der Waals surface area contributed by atoms with E-state index in [1.54, 1.807) is 0 Å². The molecular formula is C12H11N5O2. The number of aromatic amines is 1. The van der Waals surface area contributed by atoms with Gasteiger partial charge in [-0.15, -0.1) is 0 Å². The summed E-state index contributed by atoms with van der Waals surface area (Å²) >= 11 is 0. The van der Waals surface area contributed by atoms with E-state index in [4.69, 9.17) is 0 Å². The molecule has 19 heavy (non-hydrogen) atoms. The SMILES string of the molecule is O=c1[nH]c2nonc2nc1NCCc1ccccc1. The number of anilines is 1. The number of H-pyrrole nitrogens is 1. The van der Waals surface area contributed by atoms with Crippen molar-refractivity contribution in [3.05, 3.63) is 46.2 Å². The lowest BCUT2D eigenvalue weighted by Crippen LogP contribution is -2.18. The lowest BCUT2D eigenvalue weighted by Gasteiger charge is -2.04. The lowest BCUT2D eigenvalue weighted by atomic mass is 10.1. The quantitative estimate of drug-likeness (QED) is 0.722. The highest BCUT2D eigenvalue weighted by Gasteiger charge is 2.07. The normalized spacial score (nSPS) is 10.7. The molecule has 7 nitrogen and oxygen atoms in total. The second-order valence-electron chi connectivity index (χ2n) is 4.01.